The fourth-order valence-electron chi connectivity index (χ4n) is 4.01. The summed E-state index contributed by atoms with van der Waals surface area (Å²) in [6, 6.07) is 0. The van der Waals surface area contributed by atoms with Gasteiger partial charge in [0.15, 0.2) is 0 Å². The smallest absolute Gasteiger partial charge is 0.333 e. The Kier molecular flexibility index (Phi) is 5.01. The molecule has 0 bridgehead atoms. The highest BCUT2D eigenvalue weighted by molar-refractivity contribution is 5.87. The molecule has 3 aliphatic rings. The molecule has 2 aliphatic heterocycles. The fourth-order valence-corrected chi connectivity index (χ4v) is 4.01. The van der Waals surface area contributed by atoms with E-state index < -0.39 is 29.8 Å². The van der Waals surface area contributed by atoms with Gasteiger partial charge in [-0.3, -0.25) is 4.79 Å². The van der Waals surface area contributed by atoms with Crippen LogP contribution < -0.4 is 0 Å². The lowest BCUT2D eigenvalue weighted by molar-refractivity contribution is -0.149. The lowest BCUT2D eigenvalue weighted by Crippen LogP contribution is -2.42. The number of hydrogen-bond donors (Lipinski definition) is 1. The van der Waals surface area contributed by atoms with E-state index in [0.717, 1.165) is 5.57 Å². The predicted molar refractivity (Wildman–Crippen MR) is 94.1 cm³/mol. The Hall–Kier alpha value is -1.66. The summed E-state index contributed by atoms with van der Waals surface area (Å²) in [5, 5.41) is 10.5. The third-order valence-corrected chi connectivity index (χ3v) is 6.08. The van der Waals surface area contributed by atoms with Crippen molar-refractivity contribution in [2.24, 2.45) is 11.8 Å². The van der Waals surface area contributed by atoms with E-state index in [-0.39, 0.29) is 24.0 Å². The van der Waals surface area contributed by atoms with Crippen LogP contribution in [0, 0.1) is 11.8 Å². The van der Waals surface area contributed by atoms with E-state index in [0.29, 0.717) is 18.4 Å². The van der Waals surface area contributed by atoms with Gasteiger partial charge in [-0.15, -0.1) is 0 Å². The van der Waals surface area contributed by atoms with E-state index in [1.807, 2.05) is 19.9 Å². The summed E-state index contributed by atoms with van der Waals surface area (Å²) in [6.07, 6.45) is 2.57. The topological polar surface area (TPSA) is 85.4 Å². The van der Waals surface area contributed by atoms with Crippen molar-refractivity contribution < 1.29 is 28.9 Å². The van der Waals surface area contributed by atoms with Gasteiger partial charge in [0.05, 0.1) is 12.0 Å². The zero-order chi connectivity index (χ0) is 19.2. The summed E-state index contributed by atoms with van der Waals surface area (Å²) in [5.41, 5.74) is 0.795. The van der Waals surface area contributed by atoms with E-state index in [2.05, 4.69) is 0 Å². The third kappa shape index (κ3) is 3.21. The van der Waals surface area contributed by atoms with Crippen molar-refractivity contribution in [1.82, 2.24) is 0 Å². The molecule has 0 radical (unpaired) electrons. The van der Waals surface area contributed by atoms with Gasteiger partial charge in [0, 0.05) is 17.9 Å². The van der Waals surface area contributed by atoms with Crippen LogP contribution in [-0.4, -0.2) is 47.1 Å². The van der Waals surface area contributed by atoms with Gasteiger partial charge < -0.3 is 19.3 Å². The summed E-state index contributed by atoms with van der Waals surface area (Å²) >= 11 is 0. The maximum Gasteiger partial charge on any atom is 0.333 e. The Bertz CT molecular complexity index is 665. The maximum atomic E-state index is 12.4. The van der Waals surface area contributed by atoms with Crippen molar-refractivity contribution in [3.05, 3.63) is 23.3 Å². The lowest BCUT2D eigenvalue weighted by Gasteiger charge is -2.30. The minimum atomic E-state index is -0.741. The number of allylic oxidation sites excluding steroid dienone is 1. The van der Waals surface area contributed by atoms with Gasteiger partial charge in [0.2, 0.25) is 0 Å². The number of hydrogen-bond acceptors (Lipinski definition) is 6. The molecule has 2 heterocycles. The number of epoxide rings is 1. The van der Waals surface area contributed by atoms with Gasteiger partial charge in [-0.05, 0) is 34.1 Å². The van der Waals surface area contributed by atoms with E-state index in [9.17, 15) is 14.7 Å². The molecule has 26 heavy (non-hydrogen) atoms. The zero-order valence-corrected chi connectivity index (χ0v) is 16.0. The van der Waals surface area contributed by atoms with E-state index >= 15 is 0 Å². The SMILES string of the molecule is CC=C(C)C(=O)OC1CC(C)=CCC(O)C2(C)OC2C2OC(=O)C(C)C12. The number of aliphatic hydroxyl groups excluding tert-OH is 1. The average molecular weight is 364 g/mol. The number of aliphatic hydroxyl groups is 1. The molecular weight excluding hydrogens is 336 g/mol. The van der Waals surface area contributed by atoms with Crippen molar-refractivity contribution in [1.29, 1.82) is 0 Å². The quantitative estimate of drug-likeness (QED) is 0.350. The Morgan fingerprint density at radius 3 is 2.81 bits per heavy atom. The first-order valence-corrected chi connectivity index (χ1v) is 9.25. The van der Waals surface area contributed by atoms with E-state index in [1.165, 1.54) is 0 Å². The third-order valence-electron chi connectivity index (χ3n) is 6.08. The predicted octanol–water partition coefficient (Wildman–Crippen LogP) is 2.30. The first kappa shape index (κ1) is 19.1. The fraction of sp³-hybridized carbons (Fsp3) is 0.700. The van der Waals surface area contributed by atoms with Gasteiger partial charge in [0.1, 0.15) is 23.9 Å². The van der Waals surface area contributed by atoms with Crippen LogP contribution in [0.5, 0.6) is 0 Å². The highest BCUT2D eigenvalue weighted by Crippen LogP contribution is 2.50. The summed E-state index contributed by atoms with van der Waals surface area (Å²) in [4.78, 5) is 24.7. The zero-order valence-electron chi connectivity index (χ0n) is 16.0. The van der Waals surface area contributed by atoms with Crippen molar-refractivity contribution in [2.75, 3.05) is 0 Å². The van der Waals surface area contributed by atoms with Gasteiger partial charge in [-0.25, -0.2) is 4.79 Å². The van der Waals surface area contributed by atoms with E-state index in [4.69, 9.17) is 14.2 Å². The maximum absolute atomic E-state index is 12.4. The second kappa shape index (κ2) is 6.82. The first-order chi connectivity index (χ1) is 12.2. The first-order valence-electron chi connectivity index (χ1n) is 9.25. The van der Waals surface area contributed by atoms with Crippen LogP contribution in [-0.2, 0) is 23.8 Å². The van der Waals surface area contributed by atoms with Crippen LogP contribution in [0.1, 0.15) is 47.5 Å². The van der Waals surface area contributed by atoms with Crippen molar-refractivity contribution in [3.63, 3.8) is 0 Å². The van der Waals surface area contributed by atoms with Crippen LogP contribution >= 0.6 is 0 Å². The Balaban J connectivity index is 1.96. The molecule has 2 saturated heterocycles. The second-order valence-electron chi connectivity index (χ2n) is 7.91. The minimum absolute atomic E-state index is 0.308. The monoisotopic (exact) mass is 364 g/mol. The largest absolute Gasteiger partial charge is 0.459 e. The van der Waals surface area contributed by atoms with Gasteiger partial charge in [-0.2, -0.15) is 0 Å². The molecule has 6 heteroatoms. The Labute approximate surface area is 154 Å². The molecular formula is C20H28O6. The van der Waals surface area contributed by atoms with Crippen LogP contribution in [0.2, 0.25) is 0 Å². The molecule has 0 saturated carbocycles. The number of ether oxygens (including phenoxy) is 3. The molecule has 7 unspecified atom stereocenters. The van der Waals surface area contributed by atoms with Crippen LogP contribution in [0.15, 0.2) is 23.3 Å². The van der Waals surface area contributed by atoms with Crippen LogP contribution in [0.4, 0.5) is 0 Å². The summed E-state index contributed by atoms with van der Waals surface area (Å²) in [5.74, 6) is -1.40. The Morgan fingerprint density at radius 1 is 1.46 bits per heavy atom. The highest BCUT2D eigenvalue weighted by atomic mass is 16.7. The molecule has 0 aromatic carbocycles. The molecule has 3 rings (SSSR count). The van der Waals surface area contributed by atoms with Crippen molar-refractivity contribution >= 4 is 11.9 Å². The standard InChI is InChI=1S/C20H28O6/c1-6-11(3)18(22)24-13-9-10(2)7-8-14(21)20(5)17(26-20)16-15(13)12(4)19(23)25-16/h6-7,12-17,21H,8-9H2,1-5H3. The van der Waals surface area contributed by atoms with Crippen molar-refractivity contribution in [3.8, 4) is 0 Å². The molecule has 0 spiro atoms. The molecule has 1 N–H and O–H groups in total. The average Bonchev–Trinajstić information content (AvgIpc) is 3.21. The molecule has 0 aromatic rings. The molecule has 2 fully saturated rings. The number of fused-ring (bicyclic) bond motifs is 3. The van der Waals surface area contributed by atoms with Gasteiger partial charge in [0.25, 0.3) is 0 Å². The van der Waals surface area contributed by atoms with Crippen molar-refractivity contribution in [2.45, 2.75) is 77.5 Å². The molecule has 144 valence electrons. The second-order valence-corrected chi connectivity index (χ2v) is 7.91. The molecule has 7 atom stereocenters. The molecule has 6 nitrogen and oxygen atoms in total. The minimum Gasteiger partial charge on any atom is -0.459 e. The summed E-state index contributed by atoms with van der Waals surface area (Å²) in [6.45, 7) is 9.08. The molecule has 0 amide bonds. The highest BCUT2D eigenvalue weighted by Gasteiger charge is 2.67. The lowest BCUT2D eigenvalue weighted by atomic mass is 9.79. The van der Waals surface area contributed by atoms with Gasteiger partial charge >= 0.3 is 11.9 Å². The van der Waals surface area contributed by atoms with Crippen LogP contribution in [0.25, 0.3) is 0 Å². The number of rotatable bonds is 2. The van der Waals surface area contributed by atoms with E-state index in [1.54, 1.807) is 26.8 Å². The Morgan fingerprint density at radius 2 is 2.15 bits per heavy atom. The molecule has 0 aromatic heterocycles. The normalized spacial score (nSPS) is 42.9. The number of esters is 2. The van der Waals surface area contributed by atoms with Crippen LogP contribution in [0.3, 0.4) is 0 Å². The summed E-state index contributed by atoms with van der Waals surface area (Å²) in [7, 11) is 0. The van der Waals surface area contributed by atoms with Gasteiger partial charge in [-0.1, -0.05) is 24.6 Å². The number of carbonyl (C=O) groups is 2. The molecule has 1 aliphatic carbocycles. The summed E-state index contributed by atoms with van der Waals surface area (Å²) < 4.78 is 17.2. The number of carbonyl (C=O) groups excluding carboxylic acids is 2.